The molecule has 418 valence electrons. The summed E-state index contributed by atoms with van der Waals surface area (Å²) in [5.41, 5.74) is 9.11. The van der Waals surface area contributed by atoms with Crippen molar-refractivity contribution >= 4 is 56.7 Å². The van der Waals surface area contributed by atoms with E-state index < -0.39 is 52.0 Å². The van der Waals surface area contributed by atoms with E-state index in [2.05, 4.69) is 83.0 Å². The molecule has 2 fully saturated rings. The maximum Gasteiger partial charge on any atom is 0.410 e. The molecule has 2 aliphatic heterocycles. The summed E-state index contributed by atoms with van der Waals surface area (Å²) < 4.78 is 58.9. The quantitative estimate of drug-likeness (QED) is 0.0661. The number of nitrogens with two attached hydrogens (primary N) is 1. The molecule has 18 heteroatoms. The summed E-state index contributed by atoms with van der Waals surface area (Å²) in [5.74, 6) is -1.24. The number of rotatable bonds is 13. The van der Waals surface area contributed by atoms with E-state index in [1.807, 2.05) is 84.3 Å². The lowest BCUT2D eigenvalue weighted by molar-refractivity contribution is 0.0122. The second kappa shape index (κ2) is 23.4. The molecule has 0 unspecified atom stereocenters. The number of aromatic nitrogens is 2. The highest BCUT2D eigenvalue weighted by Gasteiger charge is 2.51. The molecule has 2 aromatic heterocycles. The number of hydrogen-bond acceptors (Lipinski definition) is 9. The van der Waals surface area contributed by atoms with Gasteiger partial charge in [-0.3, -0.25) is 0 Å². The van der Waals surface area contributed by atoms with Crippen molar-refractivity contribution in [2.24, 2.45) is 5.73 Å². The normalized spacial score (nSPS) is 19.6. The van der Waals surface area contributed by atoms with E-state index >= 15 is 0 Å². The number of nitrogens with one attached hydrogen (secondary N) is 3. The van der Waals surface area contributed by atoms with Crippen LogP contribution in [0.4, 0.5) is 23.2 Å². The maximum atomic E-state index is 14.1. The summed E-state index contributed by atoms with van der Waals surface area (Å²) in [7, 11) is -4.36. The zero-order valence-corrected chi connectivity index (χ0v) is 49.9. The van der Waals surface area contributed by atoms with Crippen LogP contribution in [0.1, 0.15) is 124 Å². The zero-order chi connectivity index (χ0) is 56.3. The third-order valence-electron chi connectivity index (χ3n) is 15.5. The highest BCUT2D eigenvalue weighted by atomic mass is 28.4. The molecular formula is C58H86F2N6O8Si2. The minimum Gasteiger partial charge on any atom is -0.445 e. The SMILES string of the molecule is CC(C)(C)OC(=O)N1CC[C@H](O[Si](C)(C)C(C)(C)C)[C@H]1[C@H](CN)c1c[nH]c2cc(F)ccc12.CC(C)(C)OC(=O)N1CC[C@H](O[Si](C)(C)C(C)(C)C)[C@H]1[C@H](CNC(=O)OCc1ccccc1)c1c[nH]c2cc(F)ccc12. The molecule has 7 rings (SSSR count). The van der Waals surface area contributed by atoms with Crippen molar-refractivity contribution in [1.82, 2.24) is 25.1 Å². The molecule has 76 heavy (non-hydrogen) atoms. The third kappa shape index (κ3) is 14.6. The van der Waals surface area contributed by atoms with E-state index in [4.69, 9.17) is 28.8 Å². The van der Waals surface area contributed by atoms with E-state index in [0.717, 1.165) is 33.9 Å². The number of aromatic amines is 2. The van der Waals surface area contributed by atoms with Gasteiger partial charge in [-0.25, -0.2) is 23.2 Å². The number of carbonyl (C=O) groups is 3. The molecule has 3 amide bonds. The second-order valence-corrected chi connectivity index (χ2v) is 35.0. The molecule has 2 aliphatic rings. The van der Waals surface area contributed by atoms with Gasteiger partial charge in [0.2, 0.25) is 0 Å². The molecule has 0 bridgehead atoms. The summed E-state index contributed by atoms with van der Waals surface area (Å²) >= 11 is 0. The number of carbonyl (C=O) groups excluding carboxylic acids is 3. The lowest BCUT2D eigenvalue weighted by atomic mass is 9.88. The summed E-state index contributed by atoms with van der Waals surface area (Å²) in [6.45, 7) is 34.8. The van der Waals surface area contributed by atoms with Crippen LogP contribution in [-0.2, 0) is 29.7 Å². The number of amides is 3. The predicted octanol–water partition coefficient (Wildman–Crippen LogP) is 13.5. The Labute approximate surface area is 451 Å². The first kappa shape index (κ1) is 60.0. The third-order valence-corrected chi connectivity index (χ3v) is 24.5. The number of nitrogens with zero attached hydrogens (tertiary/aromatic N) is 2. The molecule has 2 saturated heterocycles. The Morgan fingerprint density at radius 1 is 0.658 bits per heavy atom. The fraction of sp³-hybridized carbons (Fsp3) is 0.569. The first-order valence-electron chi connectivity index (χ1n) is 26.7. The first-order valence-corrected chi connectivity index (χ1v) is 32.5. The summed E-state index contributed by atoms with van der Waals surface area (Å²) in [6.07, 6.45) is 3.27. The van der Waals surface area contributed by atoms with Gasteiger partial charge in [-0.05, 0) is 144 Å². The fourth-order valence-corrected chi connectivity index (χ4v) is 12.4. The minimum absolute atomic E-state index is 0.0351. The molecular weight excluding hydrogens is 1000 g/mol. The van der Waals surface area contributed by atoms with E-state index in [1.165, 1.54) is 24.3 Å². The Balaban J connectivity index is 0.000000255. The summed E-state index contributed by atoms with van der Waals surface area (Å²) in [6, 6.07) is 18.0. The number of ether oxygens (including phenoxy) is 3. The van der Waals surface area contributed by atoms with Gasteiger partial charge in [0.25, 0.3) is 0 Å². The van der Waals surface area contributed by atoms with Crippen molar-refractivity contribution in [3.8, 4) is 0 Å². The molecule has 0 aliphatic carbocycles. The average Bonchev–Trinajstić information content (AvgIpc) is 4.11. The van der Waals surface area contributed by atoms with E-state index in [-0.39, 0.29) is 65.1 Å². The highest BCUT2D eigenvalue weighted by molar-refractivity contribution is 6.74. The number of benzene rings is 3. The smallest absolute Gasteiger partial charge is 0.410 e. The van der Waals surface area contributed by atoms with Crippen molar-refractivity contribution < 1.29 is 46.2 Å². The van der Waals surface area contributed by atoms with Gasteiger partial charge < -0.3 is 53.9 Å². The fourth-order valence-electron chi connectivity index (χ4n) is 9.65. The Hall–Kier alpha value is -5.28. The topological polar surface area (TPSA) is 173 Å². The number of likely N-dealkylation sites (tertiary alicyclic amines) is 2. The molecule has 3 aromatic carbocycles. The molecule has 5 aromatic rings. The lowest BCUT2D eigenvalue weighted by Gasteiger charge is -2.42. The standard InChI is InChI=1S/C33H46FN3O5Si.C25H40FN3O3Si/c1-32(2,3)41-31(39)37-17-16-28(42-43(7,8)33(4,5)6)29(37)26(25-19-35-27-18-23(34)14-15-24(25)27)20-36-30(38)40-21-22-12-10-9-11-13-22;1-24(2,3)31-23(30)29-12-11-21(32-33(7,8)25(4,5)6)22(29)18(14-27)19-15-28-20-13-16(26)9-10-17(19)20/h9-15,18-19,26,28-29,35H,16-17,20-21H2,1-8H3,(H,36,38);9-10,13,15,18,21-22,28H,11-12,14,27H2,1-8H3/t26-,28+,29-;18-,21+,22-/m11/s1. The van der Waals surface area contributed by atoms with Crippen LogP contribution in [0.2, 0.25) is 36.3 Å². The molecule has 0 saturated carbocycles. The number of halogens is 2. The van der Waals surface area contributed by atoms with Gasteiger partial charge in [0.05, 0.1) is 24.3 Å². The van der Waals surface area contributed by atoms with Crippen molar-refractivity contribution in [3.63, 3.8) is 0 Å². The van der Waals surface area contributed by atoms with Crippen molar-refractivity contribution in [3.05, 3.63) is 107 Å². The number of fused-ring (bicyclic) bond motifs is 2. The van der Waals surface area contributed by atoms with E-state index in [0.29, 0.717) is 37.1 Å². The van der Waals surface area contributed by atoms with Crippen molar-refractivity contribution in [2.75, 3.05) is 26.2 Å². The van der Waals surface area contributed by atoms with Gasteiger partial charge in [0.1, 0.15) is 29.4 Å². The number of alkyl carbamates (subject to hydrolysis) is 1. The van der Waals surface area contributed by atoms with Crippen LogP contribution < -0.4 is 11.1 Å². The molecule has 5 N–H and O–H groups in total. The van der Waals surface area contributed by atoms with Gasteiger partial charge in [-0.1, -0.05) is 71.9 Å². The van der Waals surface area contributed by atoms with Crippen LogP contribution in [0.25, 0.3) is 21.8 Å². The van der Waals surface area contributed by atoms with Crippen LogP contribution in [0, 0.1) is 11.6 Å². The molecule has 4 heterocycles. The van der Waals surface area contributed by atoms with Gasteiger partial charge >= 0.3 is 18.3 Å². The Morgan fingerprint density at radius 3 is 1.49 bits per heavy atom. The molecule has 6 atom stereocenters. The van der Waals surface area contributed by atoms with E-state index in [9.17, 15) is 23.2 Å². The highest BCUT2D eigenvalue weighted by Crippen LogP contribution is 2.45. The molecule has 0 spiro atoms. The zero-order valence-electron chi connectivity index (χ0n) is 47.9. The Morgan fingerprint density at radius 2 is 1.08 bits per heavy atom. The predicted molar refractivity (Wildman–Crippen MR) is 303 cm³/mol. The van der Waals surface area contributed by atoms with Gasteiger partial charge in [-0.15, -0.1) is 0 Å². The number of H-pyrrole nitrogens is 2. The lowest BCUT2D eigenvalue weighted by Crippen LogP contribution is -2.52. The monoisotopic (exact) mass is 1090 g/mol. The summed E-state index contributed by atoms with van der Waals surface area (Å²) in [5, 5.41) is 4.65. The van der Waals surface area contributed by atoms with Crippen molar-refractivity contribution in [2.45, 2.75) is 186 Å². The second-order valence-electron chi connectivity index (χ2n) is 25.5. The number of hydrogen-bond donors (Lipinski definition) is 4. The maximum absolute atomic E-state index is 14.1. The molecule has 0 radical (unpaired) electrons. The van der Waals surface area contributed by atoms with Crippen LogP contribution in [0.5, 0.6) is 0 Å². The Bertz CT molecular complexity index is 2780. The van der Waals surface area contributed by atoms with Crippen LogP contribution >= 0.6 is 0 Å². The van der Waals surface area contributed by atoms with Gasteiger partial charge in [0.15, 0.2) is 16.6 Å². The van der Waals surface area contributed by atoms with Gasteiger partial charge in [-0.2, -0.15) is 0 Å². The van der Waals surface area contributed by atoms with Crippen LogP contribution in [0.15, 0.2) is 79.1 Å². The van der Waals surface area contributed by atoms with Gasteiger partial charge in [0, 0.05) is 72.2 Å². The molecule has 14 nitrogen and oxygen atoms in total. The summed E-state index contributed by atoms with van der Waals surface area (Å²) in [4.78, 5) is 49.7. The first-order chi connectivity index (χ1) is 35.2. The minimum atomic E-state index is -2.26. The Kier molecular flexibility index (Phi) is 18.4. The largest absolute Gasteiger partial charge is 0.445 e. The van der Waals surface area contributed by atoms with Crippen molar-refractivity contribution in [1.29, 1.82) is 0 Å². The van der Waals surface area contributed by atoms with Crippen LogP contribution in [0.3, 0.4) is 0 Å². The average molecular weight is 1090 g/mol. The van der Waals surface area contributed by atoms with Crippen LogP contribution in [-0.4, -0.2) is 116 Å². The van der Waals surface area contributed by atoms with E-state index in [1.54, 1.807) is 21.9 Å².